The van der Waals surface area contributed by atoms with Crippen molar-refractivity contribution < 1.29 is 0 Å². The van der Waals surface area contributed by atoms with Crippen LogP contribution in [0.3, 0.4) is 0 Å². The summed E-state index contributed by atoms with van der Waals surface area (Å²) >= 11 is 2.13. The van der Waals surface area contributed by atoms with Crippen molar-refractivity contribution in [2.24, 2.45) is 0 Å². The van der Waals surface area contributed by atoms with Crippen LogP contribution in [0, 0.1) is 6.92 Å². The third-order valence-corrected chi connectivity index (χ3v) is 3.34. The van der Waals surface area contributed by atoms with Gasteiger partial charge >= 0.3 is 0 Å². The zero-order valence-corrected chi connectivity index (χ0v) is 10.0. The minimum atomic E-state index is 1.12. The molecule has 0 saturated heterocycles. The van der Waals surface area contributed by atoms with Crippen molar-refractivity contribution in [2.75, 3.05) is 11.5 Å². The molecule has 0 atom stereocenters. The van der Waals surface area contributed by atoms with Crippen molar-refractivity contribution in [1.82, 2.24) is 0 Å². The van der Waals surface area contributed by atoms with Gasteiger partial charge in [-0.3, -0.25) is 0 Å². The van der Waals surface area contributed by atoms with Crippen LogP contribution in [0.1, 0.15) is 58.3 Å². The molecule has 0 amide bonds. The molecule has 0 saturated carbocycles. The molecule has 0 spiro atoms. The lowest BCUT2D eigenvalue weighted by molar-refractivity contribution is 0.639. The third-order valence-electron chi connectivity index (χ3n) is 2.18. The van der Waals surface area contributed by atoms with Crippen molar-refractivity contribution in [2.45, 2.75) is 58.3 Å². The van der Waals surface area contributed by atoms with E-state index in [-0.39, 0.29) is 0 Å². The molecule has 0 bridgehead atoms. The molecule has 0 aliphatic rings. The lowest BCUT2D eigenvalue weighted by atomic mass is 10.1. The van der Waals surface area contributed by atoms with E-state index in [1.54, 1.807) is 0 Å². The summed E-state index contributed by atoms with van der Waals surface area (Å²) in [5.74, 6) is 2.75. The lowest BCUT2D eigenvalue weighted by Crippen LogP contribution is -1.84. The Morgan fingerprint density at radius 3 is 2.15 bits per heavy atom. The average Bonchev–Trinajstić information content (AvgIpc) is 2.16. The second kappa shape index (κ2) is 12.3. The van der Waals surface area contributed by atoms with E-state index < -0.39 is 0 Å². The minimum absolute atomic E-state index is 1.12. The Labute approximate surface area is 88.9 Å². The highest BCUT2D eigenvalue weighted by molar-refractivity contribution is 7.99. The Hall–Kier alpha value is 0.350. The van der Waals surface area contributed by atoms with E-state index in [0.717, 1.165) is 6.42 Å². The highest BCUT2D eigenvalue weighted by atomic mass is 32.2. The van der Waals surface area contributed by atoms with Gasteiger partial charge in [0.1, 0.15) is 0 Å². The van der Waals surface area contributed by atoms with Gasteiger partial charge in [0.25, 0.3) is 0 Å². The Kier molecular flexibility index (Phi) is 12.7. The molecule has 0 aliphatic heterocycles. The number of unbranched alkanes of at least 4 members (excludes halogenated alkanes) is 6. The van der Waals surface area contributed by atoms with E-state index in [1.807, 2.05) is 0 Å². The summed E-state index contributed by atoms with van der Waals surface area (Å²) in [6, 6.07) is 0. The molecule has 79 valence electrons. The van der Waals surface area contributed by atoms with Crippen molar-refractivity contribution in [1.29, 1.82) is 0 Å². The highest BCUT2D eigenvalue weighted by Crippen LogP contribution is 2.10. The normalized spacial score (nSPS) is 10.6. The van der Waals surface area contributed by atoms with Crippen LogP contribution < -0.4 is 0 Å². The van der Waals surface area contributed by atoms with Crippen molar-refractivity contribution in [3.63, 3.8) is 0 Å². The van der Waals surface area contributed by atoms with E-state index in [9.17, 15) is 0 Å². The van der Waals surface area contributed by atoms with Gasteiger partial charge in [0.2, 0.25) is 0 Å². The highest BCUT2D eigenvalue weighted by Gasteiger charge is 1.91. The van der Waals surface area contributed by atoms with Crippen LogP contribution in [-0.4, -0.2) is 11.5 Å². The van der Waals surface area contributed by atoms with Crippen LogP contribution >= 0.6 is 11.8 Å². The quantitative estimate of drug-likeness (QED) is 0.462. The smallest absolute Gasteiger partial charge is 0.00675 e. The summed E-state index contributed by atoms with van der Waals surface area (Å²) < 4.78 is 0. The maximum atomic E-state index is 3.85. The molecule has 0 heterocycles. The second-order valence-corrected chi connectivity index (χ2v) is 4.81. The predicted octanol–water partition coefficient (Wildman–Crippen LogP) is 4.69. The molecule has 1 heteroatoms. The van der Waals surface area contributed by atoms with Gasteiger partial charge in [-0.1, -0.05) is 52.4 Å². The molecule has 0 aromatic carbocycles. The van der Waals surface area contributed by atoms with Crippen LogP contribution in [0.25, 0.3) is 0 Å². The Bertz CT molecular complexity index is 71.2. The van der Waals surface area contributed by atoms with Crippen LogP contribution in [-0.2, 0) is 0 Å². The van der Waals surface area contributed by atoms with Crippen molar-refractivity contribution in [3.05, 3.63) is 6.92 Å². The fourth-order valence-corrected chi connectivity index (χ4v) is 2.36. The van der Waals surface area contributed by atoms with Gasteiger partial charge in [0.05, 0.1) is 0 Å². The summed E-state index contributed by atoms with van der Waals surface area (Å²) in [5.41, 5.74) is 0. The van der Waals surface area contributed by atoms with Crippen LogP contribution in [0.5, 0.6) is 0 Å². The fraction of sp³-hybridized carbons (Fsp3) is 0.917. The van der Waals surface area contributed by atoms with Gasteiger partial charge in [0.15, 0.2) is 0 Å². The summed E-state index contributed by atoms with van der Waals surface area (Å²) in [6.45, 7) is 6.11. The van der Waals surface area contributed by atoms with Gasteiger partial charge in [0, 0.05) is 0 Å². The molecule has 0 N–H and O–H groups in total. The summed E-state index contributed by atoms with van der Waals surface area (Å²) in [4.78, 5) is 0. The molecule has 13 heavy (non-hydrogen) atoms. The van der Waals surface area contributed by atoms with E-state index >= 15 is 0 Å². The van der Waals surface area contributed by atoms with E-state index in [1.165, 1.54) is 56.5 Å². The predicted molar refractivity (Wildman–Crippen MR) is 65.3 cm³/mol. The van der Waals surface area contributed by atoms with Crippen molar-refractivity contribution >= 4 is 11.8 Å². The number of hydrogen-bond acceptors (Lipinski definition) is 1. The zero-order valence-electron chi connectivity index (χ0n) is 9.19. The molecule has 0 aromatic heterocycles. The van der Waals surface area contributed by atoms with Gasteiger partial charge in [-0.2, -0.15) is 11.8 Å². The summed E-state index contributed by atoms with van der Waals surface area (Å²) in [7, 11) is 0. The molecule has 0 rings (SSSR count). The molecule has 1 radical (unpaired) electrons. The zero-order chi connectivity index (χ0) is 9.78. The number of hydrogen-bond donors (Lipinski definition) is 0. The molecular weight excluding hydrogens is 176 g/mol. The molecule has 0 fully saturated rings. The van der Waals surface area contributed by atoms with Gasteiger partial charge in [-0.15, -0.1) is 0 Å². The Balaban J connectivity index is 2.76. The number of rotatable bonds is 10. The molecule has 0 nitrogen and oxygen atoms in total. The first-order valence-electron chi connectivity index (χ1n) is 5.78. The Morgan fingerprint density at radius 1 is 0.846 bits per heavy atom. The maximum Gasteiger partial charge on any atom is -0.00675 e. The molecular formula is C12H25S. The monoisotopic (exact) mass is 201 g/mol. The van der Waals surface area contributed by atoms with E-state index in [2.05, 4.69) is 25.6 Å². The standard InChI is InChI=1S/C12H25S/c1-3-5-7-8-9-10-12-13-11-6-4-2/h1,3-12H2,2H3. The maximum absolute atomic E-state index is 3.85. The molecule has 0 aromatic rings. The number of thioether (sulfide) groups is 1. The van der Waals surface area contributed by atoms with Crippen LogP contribution in [0.15, 0.2) is 0 Å². The van der Waals surface area contributed by atoms with Gasteiger partial charge < -0.3 is 0 Å². The molecule has 0 unspecified atom stereocenters. The van der Waals surface area contributed by atoms with Crippen LogP contribution in [0.2, 0.25) is 0 Å². The van der Waals surface area contributed by atoms with E-state index in [4.69, 9.17) is 0 Å². The second-order valence-electron chi connectivity index (χ2n) is 3.59. The van der Waals surface area contributed by atoms with Gasteiger partial charge in [-0.25, -0.2) is 0 Å². The van der Waals surface area contributed by atoms with E-state index in [0.29, 0.717) is 0 Å². The Morgan fingerprint density at radius 2 is 1.46 bits per heavy atom. The fourth-order valence-electron chi connectivity index (χ4n) is 1.26. The topological polar surface area (TPSA) is 0 Å². The summed E-state index contributed by atoms with van der Waals surface area (Å²) in [6.07, 6.45) is 10.8. The SMILES string of the molecule is [CH2]CCCCCCCSCCCC. The first kappa shape index (κ1) is 13.4. The van der Waals surface area contributed by atoms with Crippen molar-refractivity contribution in [3.8, 4) is 0 Å². The molecule has 0 aliphatic carbocycles. The minimum Gasteiger partial charge on any atom is -0.162 e. The lowest BCUT2D eigenvalue weighted by Gasteiger charge is -2.00. The van der Waals surface area contributed by atoms with Crippen LogP contribution in [0.4, 0.5) is 0 Å². The first-order valence-corrected chi connectivity index (χ1v) is 6.94. The third kappa shape index (κ3) is 12.4. The van der Waals surface area contributed by atoms with Gasteiger partial charge in [-0.05, 0) is 24.3 Å². The summed E-state index contributed by atoms with van der Waals surface area (Å²) in [5, 5.41) is 0. The average molecular weight is 201 g/mol. The first-order chi connectivity index (χ1) is 6.41. The largest absolute Gasteiger partial charge is 0.162 e.